The van der Waals surface area contributed by atoms with Crippen LogP contribution in [0.15, 0.2) is 23.1 Å². The molecule has 0 saturated heterocycles. The first-order valence-corrected chi connectivity index (χ1v) is 11.3. The zero-order valence-corrected chi connectivity index (χ0v) is 20.7. The number of benzene rings is 1. The van der Waals surface area contributed by atoms with E-state index in [0.29, 0.717) is 0 Å². The number of carbonyl (C=O) groups excluding carboxylic acids is 1. The maximum absolute atomic E-state index is 13.0. The fraction of sp³-hybridized carbons (Fsp3) is 0.600. The fourth-order valence-electron chi connectivity index (χ4n) is 4.65. The maximum Gasteiger partial charge on any atom is 1.00 e. The van der Waals surface area contributed by atoms with E-state index in [9.17, 15) is 22.6 Å². The van der Waals surface area contributed by atoms with Crippen LogP contribution >= 0.6 is 0 Å². The summed E-state index contributed by atoms with van der Waals surface area (Å²) in [6, 6.07) is 3.04. The Balaban J connectivity index is 0.00000225. The van der Waals surface area contributed by atoms with E-state index < -0.39 is 32.6 Å². The van der Waals surface area contributed by atoms with Crippen molar-refractivity contribution in [1.29, 1.82) is 0 Å². The van der Waals surface area contributed by atoms with E-state index >= 15 is 0 Å². The zero-order valence-electron chi connectivity index (χ0n) is 17.7. The second-order valence-electron chi connectivity index (χ2n) is 7.84. The molecule has 2 aliphatic carbocycles. The topological polar surface area (TPSA) is 118 Å². The van der Waals surface area contributed by atoms with Gasteiger partial charge >= 0.3 is 63.3 Å². The van der Waals surface area contributed by atoms with E-state index in [2.05, 4.69) is 0 Å². The molecule has 2 fully saturated rings. The van der Waals surface area contributed by atoms with Crippen LogP contribution in [0.3, 0.4) is 0 Å². The van der Waals surface area contributed by atoms with Gasteiger partial charge in [0.25, 0.3) is 10.1 Å². The molecule has 2 aliphatic rings. The summed E-state index contributed by atoms with van der Waals surface area (Å²) < 4.78 is 39.0. The Labute approximate surface area is 215 Å². The monoisotopic (exact) mass is 450 g/mol. The predicted molar refractivity (Wildman–Crippen MR) is 102 cm³/mol. The van der Waals surface area contributed by atoms with E-state index in [1.165, 1.54) is 6.42 Å². The zero-order chi connectivity index (χ0) is 20.4. The summed E-state index contributed by atoms with van der Waals surface area (Å²) in [7, 11) is -4.78. The van der Waals surface area contributed by atoms with Crippen LogP contribution in [0.25, 0.3) is 0 Å². The van der Waals surface area contributed by atoms with Crippen molar-refractivity contribution in [3.05, 3.63) is 29.3 Å². The van der Waals surface area contributed by atoms with Gasteiger partial charge in [-0.1, -0.05) is 25.7 Å². The molecule has 0 aromatic heterocycles. The smallest absolute Gasteiger partial charge is 1.00 e. The molecule has 0 atom stereocenters. The second kappa shape index (κ2) is 10.3. The van der Waals surface area contributed by atoms with Gasteiger partial charge < -0.3 is 11.3 Å². The number of hydrogen-bond donors (Lipinski definition) is 2. The van der Waals surface area contributed by atoms with Crippen LogP contribution in [-0.4, -0.2) is 35.6 Å². The van der Waals surface area contributed by atoms with Gasteiger partial charge in [-0.3, -0.25) is 4.55 Å². The van der Waals surface area contributed by atoms with Crippen molar-refractivity contribution in [2.45, 2.75) is 74.7 Å². The molecule has 0 aliphatic heterocycles. The van der Waals surface area contributed by atoms with E-state index in [0.717, 1.165) is 76.0 Å². The molecule has 3 rings (SSSR count). The molecule has 29 heavy (non-hydrogen) atoms. The summed E-state index contributed by atoms with van der Waals surface area (Å²) in [6.45, 7) is 0. The Bertz CT molecular complexity index is 860. The molecule has 0 heterocycles. The molecule has 2 N–H and O–H groups in total. The van der Waals surface area contributed by atoms with Gasteiger partial charge in [-0.15, -0.1) is 0 Å². The number of aromatic carboxylic acids is 1. The van der Waals surface area contributed by atoms with E-state index in [4.69, 9.17) is 9.84 Å². The number of esters is 1. The van der Waals surface area contributed by atoms with Gasteiger partial charge in [0.1, 0.15) is 10.5 Å². The van der Waals surface area contributed by atoms with Gasteiger partial charge in [-0.05, 0) is 62.6 Å². The Kier molecular flexibility index (Phi) is 8.91. The van der Waals surface area contributed by atoms with Crippen LogP contribution in [0.5, 0.6) is 0 Å². The third kappa shape index (κ3) is 5.90. The van der Waals surface area contributed by atoms with E-state index in [-0.39, 0.29) is 69.9 Å². The Morgan fingerprint density at radius 3 is 2.17 bits per heavy atom. The van der Waals surface area contributed by atoms with Crippen LogP contribution in [0.2, 0.25) is 0 Å². The van der Waals surface area contributed by atoms with Gasteiger partial charge in [0.2, 0.25) is 0 Å². The summed E-state index contributed by atoms with van der Waals surface area (Å²) in [5, 5.41) is 9.08. The molecular weight excluding hydrogens is 423 g/mol. The summed E-state index contributed by atoms with van der Waals surface area (Å²) in [5.41, 5.74) is -1.27. The van der Waals surface area contributed by atoms with Gasteiger partial charge in [0, 0.05) is 0 Å². The van der Waals surface area contributed by atoms with Crippen LogP contribution in [0.1, 0.15) is 86.4 Å². The normalized spacial score (nSPS) is 19.8. The molecule has 1 aromatic rings. The summed E-state index contributed by atoms with van der Waals surface area (Å²) in [4.78, 5) is 23.4. The number of carboxylic acid groups (broad SMARTS) is 1. The average Bonchev–Trinajstić information content (AvgIpc) is 2.68. The first kappa shape index (κ1) is 25.0. The number of hydrogen-bond acceptors (Lipinski definition) is 5. The third-order valence-corrected chi connectivity index (χ3v) is 6.97. The molecule has 156 valence electrons. The number of carboxylic acids is 1. The minimum Gasteiger partial charge on any atom is -1.00 e. The Morgan fingerprint density at radius 2 is 1.62 bits per heavy atom. The van der Waals surface area contributed by atoms with Crippen LogP contribution in [0.4, 0.5) is 0 Å². The standard InChI is InChI=1S/C20H26O7S.K.H/c21-18(22)14-9-10-16(17(13-14)28(24,25)26)19(23)27-20(11-5-2-6-12-20)15-7-3-1-4-8-15;;/h9-10,13,15H,1-8,11-12H2,(H,21,22)(H,24,25,26);;/q;+1;-1. The van der Waals surface area contributed by atoms with Crippen molar-refractivity contribution >= 4 is 22.1 Å². The first-order valence-electron chi connectivity index (χ1n) is 9.81. The van der Waals surface area contributed by atoms with Crippen LogP contribution in [0, 0.1) is 5.92 Å². The molecule has 0 radical (unpaired) electrons. The Hall–Kier alpha value is -0.294. The molecule has 2 saturated carbocycles. The first-order chi connectivity index (χ1) is 13.2. The van der Waals surface area contributed by atoms with Crippen molar-refractivity contribution in [2.24, 2.45) is 5.92 Å². The quantitative estimate of drug-likeness (QED) is 0.393. The fourth-order valence-corrected chi connectivity index (χ4v) is 5.35. The summed E-state index contributed by atoms with van der Waals surface area (Å²) in [6.07, 6.45) is 9.79. The minimum atomic E-state index is -4.78. The van der Waals surface area contributed by atoms with Gasteiger partial charge in [0.15, 0.2) is 0 Å². The summed E-state index contributed by atoms with van der Waals surface area (Å²) in [5.74, 6) is -1.93. The minimum absolute atomic E-state index is 0. The number of rotatable bonds is 5. The molecule has 1 aromatic carbocycles. The van der Waals surface area contributed by atoms with E-state index in [1.54, 1.807) is 0 Å². The van der Waals surface area contributed by atoms with Gasteiger partial charge in [-0.2, -0.15) is 8.42 Å². The van der Waals surface area contributed by atoms with Gasteiger partial charge in [-0.25, -0.2) is 9.59 Å². The van der Waals surface area contributed by atoms with Crippen LogP contribution < -0.4 is 51.4 Å². The molecule has 7 nitrogen and oxygen atoms in total. The van der Waals surface area contributed by atoms with Crippen molar-refractivity contribution in [1.82, 2.24) is 0 Å². The molecular formula is C20H27KO7S. The number of carbonyl (C=O) groups is 2. The van der Waals surface area contributed by atoms with Crippen molar-refractivity contribution < 1.29 is 85.2 Å². The van der Waals surface area contributed by atoms with Crippen molar-refractivity contribution in [3.8, 4) is 0 Å². The average molecular weight is 451 g/mol. The van der Waals surface area contributed by atoms with Crippen molar-refractivity contribution in [3.63, 3.8) is 0 Å². The van der Waals surface area contributed by atoms with Crippen LogP contribution in [-0.2, 0) is 14.9 Å². The van der Waals surface area contributed by atoms with Gasteiger partial charge in [0.05, 0.1) is 11.1 Å². The molecule has 0 spiro atoms. The molecule has 0 unspecified atom stereocenters. The third-order valence-electron chi connectivity index (χ3n) is 6.07. The Morgan fingerprint density at radius 1 is 1.03 bits per heavy atom. The van der Waals surface area contributed by atoms with E-state index in [1.807, 2.05) is 0 Å². The predicted octanol–water partition coefficient (Wildman–Crippen LogP) is 1.19. The van der Waals surface area contributed by atoms with Crippen molar-refractivity contribution in [2.75, 3.05) is 0 Å². The molecule has 0 amide bonds. The number of ether oxygens (including phenoxy) is 1. The largest absolute Gasteiger partial charge is 1.00 e. The summed E-state index contributed by atoms with van der Waals surface area (Å²) >= 11 is 0. The molecule has 9 heteroatoms. The SMILES string of the molecule is O=C(O)c1ccc(C(=O)OC2(C3CCCCC3)CCCCC2)c(S(=O)(=O)O)c1.[H-].[K+]. The second-order valence-corrected chi connectivity index (χ2v) is 9.23. The molecule has 0 bridgehead atoms. The maximum atomic E-state index is 13.0.